The van der Waals surface area contributed by atoms with Gasteiger partial charge in [-0.2, -0.15) is 0 Å². The molecule has 0 aromatic heterocycles. The molecule has 34 heavy (non-hydrogen) atoms. The van der Waals surface area contributed by atoms with Crippen LogP contribution in [0.1, 0.15) is 96.8 Å². The second-order valence-corrected chi connectivity index (χ2v) is 9.42. The first-order valence-electron chi connectivity index (χ1n) is 14.3. The second kappa shape index (κ2) is 25.1. The zero-order chi connectivity index (χ0) is 24.4. The molecule has 0 bridgehead atoms. The highest BCUT2D eigenvalue weighted by atomic mass is 16.6. The number of hydrogen-bond acceptors (Lipinski definition) is 5. The predicted octanol–water partition coefficient (Wildman–Crippen LogP) is 5.59. The van der Waals surface area contributed by atoms with Gasteiger partial charge < -0.3 is 21.1 Å². The van der Waals surface area contributed by atoms with E-state index in [2.05, 4.69) is 59.3 Å². The van der Waals surface area contributed by atoms with Crippen LogP contribution in [0.15, 0.2) is 36.5 Å². The van der Waals surface area contributed by atoms with Crippen LogP contribution >= 0.6 is 0 Å². The van der Waals surface area contributed by atoms with Crippen LogP contribution in [0.5, 0.6) is 0 Å². The Balaban J connectivity index is 1.77. The van der Waals surface area contributed by atoms with Crippen LogP contribution in [0.2, 0.25) is 0 Å². The average Bonchev–Trinajstić information content (AvgIpc) is 3.60. The van der Waals surface area contributed by atoms with Gasteiger partial charge in [0.1, 0.15) is 6.23 Å². The number of allylic oxidation sites excluding steroid dienone is 6. The van der Waals surface area contributed by atoms with Crippen molar-refractivity contribution in [3.8, 4) is 0 Å². The molecule has 2 unspecified atom stereocenters. The first kappa shape index (κ1) is 31.1. The Hall–Kier alpha value is -0.980. The minimum Gasteiger partial charge on any atom is -0.353 e. The van der Waals surface area contributed by atoms with Gasteiger partial charge >= 0.3 is 0 Å². The molecule has 5 N–H and O–H groups in total. The standard InChI is InChI=1S/C29H56N4O/c1-2-3-4-5-6-7-8-9-10-11-12-13-14-15-16-21-28-29(34-28)33-27-20-26-32-24-18-17-23-31-25-19-22-30/h6-7,9-10,12-13,28-29,31-33H,2-5,8,11,14-27,30H2,1H3/b7-6-,10-9-,13-12-. The van der Waals surface area contributed by atoms with E-state index in [0.29, 0.717) is 12.3 Å². The fourth-order valence-electron chi connectivity index (χ4n) is 3.87. The van der Waals surface area contributed by atoms with Crippen molar-refractivity contribution in [2.75, 3.05) is 39.3 Å². The van der Waals surface area contributed by atoms with Crippen LogP contribution in [-0.2, 0) is 4.74 Å². The highest BCUT2D eigenvalue weighted by molar-refractivity contribution is 4.97. The van der Waals surface area contributed by atoms with Gasteiger partial charge in [0.25, 0.3) is 0 Å². The molecule has 0 saturated carbocycles. The van der Waals surface area contributed by atoms with Gasteiger partial charge in [-0.15, -0.1) is 0 Å². The fraction of sp³-hybridized carbons (Fsp3) is 0.793. The Bertz CT molecular complexity index is 506. The summed E-state index contributed by atoms with van der Waals surface area (Å²) in [6.07, 6.45) is 31.5. The van der Waals surface area contributed by atoms with E-state index in [4.69, 9.17) is 10.5 Å². The topological polar surface area (TPSA) is 74.6 Å². The summed E-state index contributed by atoms with van der Waals surface area (Å²) in [4.78, 5) is 0. The van der Waals surface area contributed by atoms with Crippen molar-refractivity contribution >= 4 is 0 Å². The summed E-state index contributed by atoms with van der Waals surface area (Å²) in [7, 11) is 0. The Morgan fingerprint density at radius 1 is 0.647 bits per heavy atom. The molecule has 0 aliphatic carbocycles. The number of ether oxygens (including phenoxy) is 1. The van der Waals surface area contributed by atoms with Gasteiger partial charge in [-0.05, 0) is 110 Å². The molecule has 0 aromatic rings. The minimum absolute atomic E-state index is 0.306. The Morgan fingerprint density at radius 3 is 1.88 bits per heavy atom. The number of nitrogens with one attached hydrogen (secondary N) is 3. The molecule has 5 heteroatoms. The van der Waals surface area contributed by atoms with Crippen LogP contribution in [0, 0.1) is 0 Å². The molecule has 1 aliphatic heterocycles. The predicted molar refractivity (Wildman–Crippen MR) is 149 cm³/mol. The summed E-state index contributed by atoms with van der Waals surface area (Å²) in [5.74, 6) is 0. The highest BCUT2D eigenvalue weighted by Crippen LogP contribution is 2.25. The van der Waals surface area contributed by atoms with E-state index in [0.717, 1.165) is 65.0 Å². The Morgan fingerprint density at radius 2 is 1.24 bits per heavy atom. The molecule has 1 heterocycles. The smallest absolute Gasteiger partial charge is 0.135 e. The first-order valence-corrected chi connectivity index (χ1v) is 14.3. The molecule has 1 aliphatic rings. The average molecular weight is 477 g/mol. The molecule has 1 saturated heterocycles. The van der Waals surface area contributed by atoms with Crippen molar-refractivity contribution < 1.29 is 4.74 Å². The molecule has 1 fully saturated rings. The second-order valence-electron chi connectivity index (χ2n) is 9.42. The lowest BCUT2D eigenvalue weighted by atomic mass is 10.1. The fourth-order valence-corrected chi connectivity index (χ4v) is 3.87. The monoisotopic (exact) mass is 476 g/mol. The van der Waals surface area contributed by atoms with Crippen LogP contribution in [0.25, 0.3) is 0 Å². The van der Waals surface area contributed by atoms with E-state index < -0.39 is 0 Å². The lowest BCUT2D eigenvalue weighted by Crippen LogP contribution is -2.26. The molecular formula is C29H56N4O. The zero-order valence-corrected chi connectivity index (χ0v) is 22.2. The van der Waals surface area contributed by atoms with Crippen molar-refractivity contribution in [2.45, 2.75) is 109 Å². The SMILES string of the molecule is CCCCC/C=C\C/C=C\C/C=C\CCCCC1OC1NCCCNCCCCNCCCN. The molecule has 2 atom stereocenters. The summed E-state index contributed by atoms with van der Waals surface area (Å²) in [6.45, 7) is 8.43. The van der Waals surface area contributed by atoms with Crippen molar-refractivity contribution in [2.24, 2.45) is 5.73 Å². The molecule has 0 radical (unpaired) electrons. The van der Waals surface area contributed by atoms with Crippen molar-refractivity contribution in [3.63, 3.8) is 0 Å². The zero-order valence-electron chi connectivity index (χ0n) is 22.2. The van der Waals surface area contributed by atoms with E-state index >= 15 is 0 Å². The number of hydrogen-bond donors (Lipinski definition) is 4. The van der Waals surface area contributed by atoms with Crippen molar-refractivity contribution in [1.29, 1.82) is 0 Å². The molecule has 0 aromatic carbocycles. The van der Waals surface area contributed by atoms with Gasteiger partial charge in [0, 0.05) is 0 Å². The van der Waals surface area contributed by atoms with E-state index in [-0.39, 0.29) is 0 Å². The van der Waals surface area contributed by atoms with Gasteiger partial charge in [-0.1, -0.05) is 62.6 Å². The maximum Gasteiger partial charge on any atom is 0.135 e. The summed E-state index contributed by atoms with van der Waals surface area (Å²) in [5, 5.41) is 10.5. The maximum atomic E-state index is 5.76. The first-order chi connectivity index (χ1) is 16.9. The molecule has 5 nitrogen and oxygen atoms in total. The number of unbranched alkanes of at least 4 members (excludes halogenated alkanes) is 6. The van der Waals surface area contributed by atoms with Gasteiger partial charge in [-0.3, -0.25) is 5.32 Å². The Kier molecular flexibility index (Phi) is 22.9. The molecule has 198 valence electrons. The highest BCUT2D eigenvalue weighted by Gasteiger charge is 2.37. The third-order valence-electron chi connectivity index (χ3n) is 6.10. The van der Waals surface area contributed by atoms with Gasteiger partial charge in [0.15, 0.2) is 0 Å². The van der Waals surface area contributed by atoms with Gasteiger partial charge in [0.2, 0.25) is 0 Å². The van der Waals surface area contributed by atoms with E-state index in [1.165, 1.54) is 64.2 Å². The maximum absolute atomic E-state index is 5.76. The summed E-state index contributed by atoms with van der Waals surface area (Å²) in [5.41, 5.74) is 5.48. The van der Waals surface area contributed by atoms with Crippen molar-refractivity contribution in [3.05, 3.63) is 36.5 Å². The number of rotatable bonds is 26. The van der Waals surface area contributed by atoms with Crippen LogP contribution < -0.4 is 21.7 Å². The largest absolute Gasteiger partial charge is 0.353 e. The lowest BCUT2D eigenvalue weighted by Gasteiger charge is -2.06. The lowest BCUT2D eigenvalue weighted by molar-refractivity contribution is 0.336. The quantitative estimate of drug-likeness (QED) is 0.0744. The summed E-state index contributed by atoms with van der Waals surface area (Å²) in [6, 6.07) is 0. The minimum atomic E-state index is 0.306. The van der Waals surface area contributed by atoms with Crippen LogP contribution in [-0.4, -0.2) is 51.6 Å². The van der Waals surface area contributed by atoms with Crippen LogP contribution in [0.3, 0.4) is 0 Å². The third kappa shape index (κ3) is 21.5. The van der Waals surface area contributed by atoms with Gasteiger partial charge in [-0.25, -0.2) is 0 Å². The molecule has 0 spiro atoms. The molecular weight excluding hydrogens is 420 g/mol. The van der Waals surface area contributed by atoms with E-state index in [9.17, 15) is 0 Å². The van der Waals surface area contributed by atoms with Gasteiger partial charge in [0.05, 0.1) is 6.10 Å². The van der Waals surface area contributed by atoms with E-state index in [1.807, 2.05) is 0 Å². The van der Waals surface area contributed by atoms with E-state index in [1.54, 1.807) is 0 Å². The normalized spacial score (nSPS) is 18.2. The van der Waals surface area contributed by atoms with Crippen LogP contribution in [0.4, 0.5) is 0 Å². The summed E-state index contributed by atoms with van der Waals surface area (Å²) < 4.78 is 5.76. The third-order valence-corrected chi connectivity index (χ3v) is 6.10. The van der Waals surface area contributed by atoms with Crippen molar-refractivity contribution in [1.82, 2.24) is 16.0 Å². The molecule has 0 amide bonds. The molecule has 1 rings (SSSR count). The Labute approximate surface area is 211 Å². The number of nitrogens with two attached hydrogens (primary N) is 1. The summed E-state index contributed by atoms with van der Waals surface area (Å²) >= 11 is 0. The number of epoxide rings is 1.